The molecule has 0 aliphatic heterocycles. The lowest BCUT2D eigenvalue weighted by Crippen LogP contribution is -2.38. The van der Waals surface area contributed by atoms with Crippen molar-refractivity contribution in [3.8, 4) is 0 Å². The zero-order valence-corrected chi connectivity index (χ0v) is 17.3. The SMILES string of the molecule is CCNC(=NCCc1nc(C)c(C)s1)NCCc1ccc(C(=O)OC)cc1. The Bertz CT molecular complexity index is 749. The average molecular weight is 389 g/mol. The van der Waals surface area contributed by atoms with Crippen molar-refractivity contribution < 1.29 is 9.53 Å². The lowest BCUT2D eigenvalue weighted by Gasteiger charge is -2.11. The molecule has 0 atom stereocenters. The molecule has 0 bridgehead atoms. The Morgan fingerprint density at radius 3 is 2.52 bits per heavy atom. The first-order chi connectivity index (χ1) is 13.0. The van der Waals surface area contributed by atoms with Crippen molar-refractivity contribution in [2.45, 2.75) is 33.6 Å². The Hall–Kier alpha value is -2.41. The van der Waals surface area contributed by atoms with E-state index in [9.17, 15) is 4.79 Å². The van der Waals surface area contributed by atoms with Crippen LogP contribution in [0.4, 0.5) is 0 Å². The molecule has 0 aliphatic rings. The molecule has 2 rings (SSSR count). The molecule has 146 valence electrons. The second kappa shape index (κ2) is 10.7. The minimum Gasteiger partial charge on any atom is -0.465 e. The molecule has 27 heavy (non-hydrogen) atoms. The fraction of sp³-hybridized carbons (Fsp3) is 0.450. The number of carbonyl (C=O) groups is 1. The van der Waals surface area contributed by atoms with Crippen molar-refractivity contribution in [3.05, 3.63) is 51.0 Å². The van der Waals surface area contributed by atoms with Crippen LogP contribution in [0.25, 0.3) is 0 Å². The van der Waals surface area contributed by atoms with Crippen molar-refractivity contribution in [3.63, 3.8) is 0 Å². The van der Waals surface area contributed by atoms with Gasteiger partial charge in [-0.25, -0.2) is 9.78 Å². The molecule has 0 fully saturated rings. The van der Waals surface area contributed by atoms with Crippen molar-refractivity contribution in [2.24, 2.45) is 4.99 Å². The van der Waals surface area contributed by atoms with Crippen LogP contribution in [0.5, 0.6) is 0 Å². The zero-order valence-electron chi connectivity index (χ0n) is 16.5. The van der Waals surface area contributed by atoms with Crippen LogP contribution in [-0.2, 0) is 17.6 Å². The average Bonchev–Trinajstić information content (AvgIpc) is 2.99. The topological polar surface area (TPSA) is 75.6 Å². The monoisotopic (exact) mass is 388 g/mol. The number of ether oxygens (including phenoxy) is 1. The lowest BCUT2D eigenvalue weighted by atomic mass is 10.1. The third-order valence-electron chi connectivity index (χ3n) is 4.09. The quantitative estimate of drug-likeness (QED) is 0.413. The van der Waals surface area contributed by atoms with E-state index in [4.69, 9.17) is 4.74 Å². The number of guanidine groups is 1. The first kappa shape index (κ1) is 20.9. The second-order valence-electron chi connectivity index (χ2n) is 6.13. The Morgan fingerprint density at radius 1 is 1.19 bits per heavy atom. The van der Waals surface area contributed by atoms with Gasteiger partial charge >= 0.3 is 5.97 Å². The van der Waals surface area contributed by atoms with Gasteiger partial charge in [0.2, 0.25) is 0 Å². The maximum atomic E-state index is 11.5. The van der Waals surface area contributed by atoms with Gasteiger partial charge in [-0.1, -0.05) is 12.1 Å². The molecule has 0 unspecified atom stereocenters. The normalized spacial score (nSPS) is 11.3. The number of hydrogen-bond acceptors (Lipinski definition) is 5. The minimum absolute atomic E-state index is 0.313. The highest BCUT2D eigenvalue weighted by Crippen LogP contribution is 2.16. The summed E-state index contributed by atoms with van der Waals surface area (Å²) in [6, 6.07) is 7.48. The molecule has 0 amide bonds. The number of aryl methyl sites for hydroxylation is 2. The van der Waals surface area contributed by atoms with Gasteiger partial charge in [0.25, 0.3) is 0 Å². The molecular formula is C20H28N4O2S. The van der Waals surface area contributed by atoms with E-state index in [2.05, 4.69) is 34.5 Å². The van der Waals surface area contributed by atoms with Crippen molar-refractivity contribution in [1.29, 1.82) is 0 Å². The minimum atomic E-state index is -0.313. The van der Waals surface area contributed by atoms with Crippen LogP contribution in [-0.4, -0.2) is 43.7 Å². The summed E-state index contributed by atoms with van der Waals surface area (Å²) in [7, 11) is 1.39. The molecule has 0 radical (unpaired) electrons. The Morgan fingerprint density at radius 2 is 1.93 bits per heavy atom. The van der Waals surface area contributed by atoms with E-state index in [-0.39, 0.29) is 5.97 Å². The van der Waals surface area contributed by atoms with Crippen LogP contribution >= 0.6 is 11.3 Å². The standard InChI is InChI=1S/C20H28N4O2S/c1-5-21-20(23-13-11-18-24-14(2)15(3)27-18)22-12-10-16-6-8-17(9-7-16)19(25)26-4/h6-9H,5,10-13H2,1-4H3,(H2,21,22,23). The van der Waals surface area contributed by atoms with Crippen molar-refractivity contribution >= 4 is 23.3 Å². The molecule has 0 saturated heterocycles. The molecule has 1 aromatic heterocycles. The summed E-state index contributed by atoms with van der Waals surface area (Å²) in [4.78, 5) is 21.9. The molecule has 0 aliphatic carbocycles. The lowest BCUT2D eigenvalue weighted by molar-refractivity contribution is 0.0600. The predicted molar refractivity (Wildman–Crippen MR) is 111 cm³/mol. The van der Waals surface area contributed by atoms with Crippen LogP contribution in [0, 0.1) is 13.8 Å². The molecule has 1 aromatic carbocycles. The molecule has 2 aromatic rings. The highest BCUT2D eigenvalue weighted by molar-refractivity contribution is 7.11. The van der Waals surface area contributed by atoms with Gasteiger partial charge in [-0.2, -0.15) is 0 Å². The fourth-order valence-electron chi connectivity index (χ4n) is 2.50. The fourth-order valence-corrected chi connectivity index (χ4v) is 3.42. The summed E-state index contributed by atoms with van der Waals surface area (Å²) in [5, 5.41) is 7.75. The van der Waals surface area contributed by atoms with Gasteiger partial charge in [0.15, 0.2) is 5.96 Å². The summed E-state index contributed by atoms with van der Waals surface area (Å²) in [6.07, 6.45) is 1.70. The number of methoxy groups -OCH3 is 1. The molecule has 2 N–H and O–H groups in total. The van der Waals surface area contributed by atoms with Gasteiger partial charge in [0.1, 0.15) is 0 Å². The van der Waals surface area contributed by atoms with Gasteiger partial charge in [-0.3, -0.25) is 4.99 Å². The van der Waals surface area contributed by atoms with Crippen LogP contribution in [0.3, 0.4) is 0 Å². The maximum absolute atomic E-state index is 11.5. The van der Waals surface area contributed by atoms with E-state index >= 15 is 0 Å². The van der Waals surface area contributed by atoms with Gasteiger partial charge in [-0.05, 0) is 44.9 Å². The van der Waals surface area contributed by atoms with Crippen LogP contribution in [0.1, 0.15) is 38.4 Å². The molecule has 0 spiro atoms. The van der Waals surface area contributed by atoms with Gasteiger partial charge < -0.3 is 15.4 Å². The number of hydrogen-bond donors (Lipinski definition) is 2. The molecule has 6 nitrogen and oxygen atoms in total. The van der Waals surface area contributed by atoms with Crippen molar-refractivity contribution in [2.75, 3.05) is 26.7 Å². The molecular weight excluding hydrogens is 360 g/mol. The van der Waals surface area contributed by atoms with Crippen LogP contribution in [0.15, 0.2) is 29.3 Å². The number of rotatable bonds is 8. The Kier molecular flexibility index (Phi) is 8.26. The summed E-state index contributed by atoms with van der Waals surface area (Å²) in [5.41, 5.74) is 2.83. The molecule has 7 heteroatoms. The van der Waals surface area contributed by atoms with Gasteiger partial charge in [0.05, 0.1) is 23.4 Å². The van der Waals surface area contributed by atoms with E-state index in [0.29, 0.717) is 12.1 Å². The number of aromatic nitrogens is 1. The number of carbonyl (C=O) groups excluding carboxylic acids is 1. The first-order valence-electron chi connectivity index (χ1n) is 9.15. The van der Waals surface area contributed by atoms with E-state index in [0.717, 1.165) is 48.2 Å². The number of esters is 1. The Labute approximate surface area is 165 Å². The number of nitrogens with one attached hydrogen (secondary N) is 2. The van der Waals surface area contributed by atoms with Crippen LogP contribution < -0.4 is 10.6 Å². The second-order valence-corrected chi connectivity index (χ2v) is 7.41. The zero-order chi connectivity index (χ0) is 19.6. The number of thiazole rings is 1. The number of benzene rings is 1. The smallest absolute Gasteiger partial charge is 0.337 e. The van der Waals surface area contributed by atoms with Gasteiger partial charge in [-0.15, -0.1) is 11.3 Å². The van der Waals surface area contributed by atoms with E-state index < -0.39 is 0 Å². The summed E-state index contributed by atoms with van der Waals surface area (Å²) in [5.74, 6) is 0.500. The highest BCUT2D eigenvalue weighted by atomic mass is 32.1. The summed E-state index contributed by atoms with van der Waals surface area (Å²) < 4.78 is 4.71. The third-order valence-corrected chi connectivity index (χ3v) is 5.23. The van der Waals surface area contributed by atoms with E-state index in [1.165, 1.54) is 12.0 Å². The van der Waals surface area contributed by atoms with E-state index in [1.54, 1.807) is 23.5 Å². The van der Waals surface area contributed by atoms with Crippen molar-refractivity contribution in [1.82, 2.24) is 15.6 Å². The van der Waals surface area contributed by atoms with Gasteiger partial charge in [0, 0.05) is 30.9 Å². The number of nitrogens with zero attached hydrogens (tertiary/aromatic N) is 2. The first-order valence-corrected chi connectivity index (χ1v) is 9.97. The summed E-state index contributed by atoms with van der Waals surface area (Å²) in [6.45, 7) is 8.48. The largest absolute Gasteiger partial charge is 0.465 e. The molecule has 0 saturated carbocycles. The Balaban J connectivity index is 1.81. The van der Waals surface area contributed by atoms with Crippen LogP contribution in [0.2, 0.25) is 0 Å². The third kappa shape index (κ3) is 6.67. The highest BCUT2D eigenvalue weighted by Gasteiger charge is 2.05. The predicted octanol–water partition coefficient (Wildman–Crippen LogP) is 2.89. The summed E-state index contributed by atoms with van der Waals surface area (Å²) >= 11 is 1.75. The number of aliphatic imine (C=N–C) groups is 1. The maximum Gasteiger partial charge on any atom is 0.337 e. The van der Waals surface area contributed by atoms with E-state index in [1.807, 2.05) is 19.1 Å². The molecule has 1 heterocycles.